The second-order valence-corrected chi connectivity index (χ2v) is 6.11. The number of nitrogens with one attached hydrogen (secondary N) is 1. The second kappa shape index (κ2) is 7.23. The Hall–Kier alpha value is -1.13. The van der Waals surface area contributed by atoms with Crippen LogP contribution in [0.15, 0.2) is 18.2 Å². The van der Waals surface area contributed by atoms with Gasteiger partial charge in [-0.15, -0.1) is 0 Å². The van der Waals surface area contributed by atoms with E-state index in [-0.39, 0.29) is 11.9 Å². The van der Waals surface area contributed by atoms with Crippen molar-refractivity contribution < 1.29 is 13.9 Å². The van der Waals surface area contributed by atoms with Crippen LogP contribution in [0, 0.1) is 11.7 Å². The zero-order chi connectivity index (χ0) is 14.5. The summed E-state index contributed by atoms with van der Waals surface area (Å²) in [7, 11) is 0. The quantitative estimate of drug-likeness (QED) is 0.926. The zero-order valence-corrected chi connectivity index (χ0v) is 12.4. The molecule has 0 spiro atoms. The topological polar surface area (TPSA) is 30.5 Å². The molecule has 2 aliphatic heterocycles. The summed E-state index contributed by atoms with van der Waals surface area (Å²) in [4.78, 5) is 0. The molecular formula is C17H24FNO2. The molecule has 3 nitrogen and oxygen atoms in total. The third-order valence-corrected chi connectivity index (χ3v) is 4.38. The summed E-state index contributed by atoms with van der Waals surface area (Å²) in [5.41, 5.74) is 1.07. The van der Waals surface area contributed by atoms with E-state index >= 15 is 0 Å². The van der Waals surface area contributed by atoms with E-state index in [1.807, 2.05) is 6.07 Å². The summed E-state index contributed by atoms with van der Waals surface area (Å²) < 4.78 is 25.2. The van der Waals surface area contributed by atoms with Crippen LogP contribution in [-0.2, 0) is 11.2 Å². The first kappa shape index (κ1) is 14.8. The summed E-state index contributed by atoms with van der Waals surface area (Å²) >= 11 is 0. The Morgan fingerprint density at radius 3 is 2.81 bits per heavy atom. The molecular weight excluding hydrogens is 269 g/mol. The third kappa shape index (κ3) is 4.17. The van der Waals surface area contributed by atoms with Crippen LogP contribution in [0.5, 0.6) is 5.75 Å². The Labute approximate surface area is 125 Å². The molecule has 0 aromatic heterocycles. The Morgan fingerprint density at radius 2 is 2.10 bits per heavy atom. The van der Waals surface area contributed by atoms with Crippen LogP contribution in [-0.4, -0.2) is 32.4 Å². The molecule has 1 N–H and O–H groups in total. The highest BCUT2D eigenvalue weighted by Gasteiger charge is 2.18. The van der Waals surface area contributed by atoms with E-state index in [1.165, 1.54) is 12.8 Å². The van der Waals surface area contributed by atoms with Gasteiger partial charge in [0.05, 0.1) is 13.2 Å². The normalized spacial score (nSPS) is 24.0. The van der Waals surface area contributed by atoms with Gasteiger partial charge in [0, 0.05) is 12.8 Å². The van der Waals surface area contributed by atoms with Gasteiger partial charge in [0.15, 0.2) is 11.6 Å². The average Bonchev–Trinajstić information content (AvgIpc) is 2.52. The van der Waals surface area contributed by atoms with Gasteiger partial charge < -0.3 is 14.8 Å². The molecule has 3 rings (SSSR count). The van der Waals surface area contributed by atoms with Crippen LogP contribution in [0.1, 0.15) is 31.2 Å². The first-order valence-corrected chi connectivity index (χ1v) is 8.05. The van der Waals surface area contributed by atoms with Gasteiger partial charge in [-0.1, -0.05) is 6.07 Å². The van der Waals surface area contributed by atoms with E-state index in [4.69, 9.17) is 9.47 Å². The lowest BCUT2D eigenvalue weighted by atomic mass is 9.92. The predicted molar refractivity (Wildman–Crippen MR) is 80.2 cm³/mol. The second-order valence-electron chi connectivity index (χ2n) is 6.11. The van der Waals surface area contributed by atoms with Crippen LogP contribution in [0.25, 0.3) is 0 Å². The number of rotatable bonds is 4. The van der Waals surface area contributed by atoms with Crippen molar-refractivity contribution in [1.29, 1.82) is 0 Å². The van der Waals surface area contributed by atoms with Crippen molar-refractivity contribution in [2.24, 2.45) is 5.92 Å². The molecule has 1 atom stereocenters. The maximum atomic E-state index is 14.2. The van der Waals surface area contributed by atoms with E-state index in [1.54, 1.807) is 12.1 Å². The average molecular weight is 293 g/mol. The summed E-state index contributed by atoms with van der Waals surface area (Å²) in [6, 6.07) is 5.44. The van der Waals surface area contributed by atoms with Gasteiger partial charge in [-0.05, 0) is 56.0 Å². The minimum Gasteiger partial charge on any atom is -0.487 e. The van der Waals surface area contributed by atoms with E-state index in [0.29, 0.717) is 24.9 Å². The number of halogens is 1. The summed E-state index contributed by atoms with van der Waals surface area (Å²) in [5.74, 6) is 0.774. The molecule has 0 amide bonds. The predicted octanol–water partition coefficient (Wildman–Crippen LogP) is 2.93. The number of ether oxygens (including phenoxy) is 2. The summed E-state index contributed by atoms with van der Waals surface area (Å²) in [6.07, 6.45) is 5.17. The fourth-order valence-corrected chi connectivity index (χ4v) is 3.17. The smallest absolute Gasteiger partial charge is 0.165 e. The van der Waals surface area contributed by atoms with E-state index in [9.17, 15) is 4.39 Å². The van der Waals surface area contributed by atoms with Crippen molar-refractivity contribution in [3.63, 3.8) is 0 Å². The summed E-state index contributed by atoms with van der Waals surface area (Å²) in [6.45, 7) is 3.57. The lowest BCUT2D eigenvalue weighted by Gasteiger charge is -2.24. The first-order chi connectivity index (χ1) is 10.3. The maximum absolute atomic E-state index is 14.2. The number of hydrogen-bond donors (Lipinski definition) is 1. The van der Waals surface area contributed by atoms with Gasteiger partial charge in [-0.25, -0.2) is 4.39 Å². The van der Waals surface area contributed by atoms with E-state index in [2.05, 4.69) is 5.32 Å². The van der Waals surface area contributed by atoms with Gasteiger partial charge in [0.2, 0.25) is 0 Å². The molecule has 2 aliphatic rings. The number of piperidine rings is 1. The lowest BCUT2D eigenvalue weighted by molar-refractivity contribution is 0.0240. The highest BCUT2D eigenvalue weighted by atomic mass is 19.1. The van der Waals surface area contributed by atoms with Crippen LogP contribution in [0.3, 0.4) is 0 Å². The van der Waals surface area contributed by atoms with Crippen molar-refractivity contribution in [1.82, 2.24) is 5.32 Å². The monoisotopic (exact) mass is 293 g/mol. The van der Waals surface area contributed by atoms with Crippen molar-refractivity contribution in [2.45, 2.75) is 38.2 Å². The molecule has 2 heterocycles. The maximum Gasteiger partial charge on any atom is 0.165 e. The van der Waals surface area contributed by atoms with Crippen molar-refractivity contribution in [3.8, 4) is 5.75 Å². The first-order valence-electron chi connectivity index (χ1n) is 8.05. The highest BCUT2D eigenvalue weighted by Crippen LogP contribution is 2.24. The van der Waals surface area contributed by atoms with Gasteiger partial charge in [0.25, 0.3) is 0 Å². The molecule has 0 bridgehead atoms. The molecule has 1 unspecified atom stereocenters. The molecule has 0 aliphatic carbocycles. The molecule has 4 heteroatoms. The molecule has 1 aromatic carbocycles. The molecule has 2 saturated heterocycles. The van der Waals surface area contributed by atoms with Crippen molar-refractivity contribution in [3.05, 3.63) is 29.6 Å². The third-order valence-electron chi connectivity index (χ3n) is 4.38. The van der Waals surface area contributed by atoms with Crippen LogP contribution in [0.4, 0.5) is 4.39 Å². The van der Waals surface area contributed by atoms with E-state index in [0.717, 1.165) is 37.9 Å². The standard InChI is InChI=1S/C17H24FNO2/c18-16-11-13(10-14-2-1-7-19-12-14)3-4-17(16)21-15-5-8-20-9-6-15/h3-4,11,14-15,19H,1-2,5-10,12H2. The molecule has 0 radical (unpaired) electrons. The van der Waals surface area contributed by atoms with Crippen LogP contribution >= 0.6 is 0 Å². The Morgan fingerprint density at radius 1 is 1.24 bits per heavy atom. The summed E-state index contributed by atoms with van der Waals surface area (Å²) in [5, 5.41) is 3.40. The Bertz CT molecular complexity index is 454. The fraction of sp³-hybridized carbons (Fsp3) is 0.647. The number of hydrogen-bond acceptors (Lipinski definition) is 3. The Kier molecular flexibility index (Phi) is 5.09. The van der Waals surface area contributed by atoms with Crippen molar-refractivity contribution >= 4 is 0 Å². The number of benzene rings is 1. The van der Waals surface area contributed by atoms with E-state index < -0.39 is 0 Å². The molecule has 116 valence electrons. The lowest BCUT2D eigenvalue weighted by Crippen LogP contribution is -2.30. The fourth-order valence-electron chi connectivity index (χ4n) is 3.17. The van der Waals surface area contributed by atoms with Gasteiger partial charge in [-0.2, -0.15) is 0 Å². The van der Waals surface area contributed by atoms with Crippen LogP contribution < -0.4 is 10.1 Å². The SMILES string of the molecule is Fc1cc(CC2CCCNC2)ccc1OC1CCOCC1. The minimum atomic E-state index is -0.234. The minimum absolute atomic E-state index is 0.0849. The van der Waals surface area contributed by atoms with Gasteiger partial charge in [-0.3, -0.25) is 0 Å². The molecule has 21 heavy (non-hydrogen) atoms. The molecule has 1 aromatic rings. The largest absolute Gasteiger partial charge is 0.487 e. The highest BCUT2D eigenvalue weighted by molar-refractivity contribution is 5.30. The zero-order valence-electron chi connectivity index (χ0n) is 12.4. The van der Waals surface area contributed by atoms with Crippen LogP contribution in [0.2, 0.25) is 0 Å². The van der Waals surface area contributed by atoms with Gasteiger partial charge in [0.1, 0.15) is 6.10 Å². The molecule has 0 saturated carbocycles. The van der Waals surface area contributed by atoms with Crippen molar-refractivity contribution in [2.75, 3.05) is 26.3 Å². The van der Waals surface area contributed by atoms with Gasteiger partial charge >= 0.3 is 0 Å². The molecule has 2 fully saturated rings. The Balaban J connectivity index is 1.59.